The molecule has 1 atom stereocenters. The Bertz CT molecular complexity index is 442. The van der Waals surface area contributed by atoms with Crippen molar-refractivity contribution < 1.29 is 10.2 Å². The largest absolute Gasteiger partial charge is 0.395 e. The molecule has 0 amide bonds. The van der Waals surface area contributed by atoms with Crippen LogP contribution in [0.4, 0.5) is 11.8 Å². The maximum atomic E-state index is 9.28. The highest BCUT2D eigenvalue weighted by atomic mass is 35.5. The molecule has 18 heavy (non-hydrogen) atoms. The zero-order chi connectivity index (χ0) is 13.2. The Kier molecular flexibility index (Phi) is 3.70. The molecule has 0 radical (unpaired) electrons. The van der Waals surface area contributed by atoms with E-state index in [-0.39, 0.29) is 30.4 Å². The summed E-state index contributed by atoms with van der Waals surface area (Å²) in [6, 6.07) is 1.54. The minimum absolute atomic E-state index is 0.0327. The summed E-state index contributed by atoms with van der Waals surface area (Å²) in [5.74, 6) is 0.622. The summed E-state index contributed by atoms with van der Waals surface area (Å²) in [5.41, 5.74) is 4.93. The van der Waals surface area contributed by atoms with Crippen molar-refractivity contribution >= 4 is 23.4 Å². The number of halogens is 1. The van der Waals surface area contributed by atoms with E-state index >= 15 is 0 Å². The number of nitrogens with two attached hydrogens (primary N) is 1. The minimum atomic E-state index is -0.569. The van der Waals surface area contributed by atoms with E-state index < -0.39 is 5.41 Å². The van der Waals surface area contributed by atoms with Crippen molar-refractivity contribution in [3.63, 3.8) is 0 Å². The molecule has 7 heteroatoms. The van der Waals surface area contributed by atoms with Crippen LogP contribution >= 0.6 is 11.6 Å². The quantitative estimate of drug-likeness (QED) is 0.467. The van der Waals surface area contributed by atoms with Gasteiger partial charge in [0.1, 0.15) is 11.0 Å². The highest BCUT2D eigenvalue weighted by Crippen LogP contribution is 2.32. The van der Waals surface area contributed by atoms with Crippen LogP contribution in [-0.2, 0) is 0 Å². The van der Waals surface area contributed by atoms with Crippen molar-refractivity contribution in [2.45, 2.75) is 12.5 Å². The van der Waals surface area contributed by atoms with Crippen LogP contribution in [0.3, 0.4) is 0 Å². The van der Waals surface area contributed by atoms with Crippen LogP contribution in [-0.4, -0.2) is 39.4 Å². The lowest BCUT2D eigenvalue weighted by Crippen LogP contribution is -2.29. The first-order valence-corrected chi connectivity index (χ1v) is 5.92. The Morgan fingerprint density at radius 1 is 1.44 bits per heavy atom. The van der Waals surface area contributed by atoms with Crippen molar-refractivity contribution in [3.05, 3.63) is 23.4 Å². The molecule has 1 heterocycles. The predicted molar refractivity (Wildman–Crippen MR) is 69.2 cm³/mol. The SMILES string of the molecule is Nc1nc(Cl)cc(NC2C=CC(CO)(CO)C2)n1. The smallest absolute Gasteiger partial charge is 0.223 e. The molecule has 1 aromatic heterocycles. The standard InChI is InChI=1S/C11H15ClN4O2/c12-8-3-9(16-10(13)15-8)14-7-1-2-11(4-7,5-17)6-18/h1-3,7,17-18H,4-6H2,(H3,13,14,15,16). The number of hydrogen-bond donors (Lipinski definition) is 4. The third-order valence-corrected chi connectivity index (χ3v) is 3.18. The fourth-order valence-corrected chi connectivity index (χ4v) is 2.17. The summed E-state index contributed by atoms with van der Waals surface area (Å²) < 4.78 is 0. The van der Waals surface area contributed by atoms with E-state index in [1.165, 1.54) is 0 Å². The molecule has 98 valence electrons. The van der Waals surface area contributed by atoms with Crippen molar-refractivity contribution in [1.82, 2.24) is 9.97 Å². The highest BCUT2D eigenvalue weighted by Gasteiger charge is 2.33. The van der Waals surface area contributed by atoms with Gasteiger partial charge in [0.15, 0.2) is 0 Å². The van der Waals surface area contributed by atoms with E-state index in [2.05, 4.69) is 15.3 Å². The first-order valence-electron chi connectivity index (χ1n) is 5.54. The minimum Gasteiger partial charge on any atom is -0.395 e. The number of hydrogen-bond acceptors (Lipinski definition) is 6. The predicted octanol–water partition coefficient (Wildman–Crippen LogP) is 0.424. The second-order valence-electron chi connectivity index (χ2n) is 4.43. The number of anilines is 2. The van der Waals surface area contributed by atoms with Crippen LogP contribution in [0, 0.1) is 5.41 Å². The molecule has 0 aliphatic heterocycles. The molecule has 0 saturated carbocycles. The molecular weight excluding hydrogens is 256 g/mol. The van der Waals surface area contributed by atoms with Crippen molar-refractivity contribution in [2.75, 3.05) is 24.3 Å². The van der Waals surface area contributed by atoms with Crippen molar-refractivity contribution in [2.24, 2.45) is 5.41 Å². The Morgan fingerprint density at radius 2 is 2.17 bits per heavy atom. The first kappa shape index (κ1) is 13.1. The Labute approximate surface area is 110 Å². The molecule has 1 aliphatic rings. The molecule has 1 aromatic rings. The van der Waals surface area contributed by atoms with E-state index in [0.717, 1.165) is 0 Å². The van der Waals surface area contributed by atoms with E-state index in [4.69, 9.17) is 17.3 Å². The maximum absolute atomic E-state index is 9.28. The van der Waals surface area contributed by atoms with Gasteiger partial charge in [-0.15, -0.1) is 0 Å². The highest BCUT2D eigenvalue weighted by molar-refractivity contribution is 6.29. The summed E-state index contributed by atoms with van der Waals surface area (Å²) in [6.45, 7) is -0.185. The lowest BCUT2D eigenvalue weighted by Gasteiger charge is -2.23. The molecule has 2 rings (SSSR count). The number of aliphatic hydroxyl groups excluding tert-OH is 2. The average Bonchev–Trinajstić information content (AvgIpc) is 2.72. The number of nitrogens with zero attached hydrogens (tertiary/aromatic N) is 2. The Hall–Kier alpha value is -1.37. The molecule has 0 saturated heterocycles. The lowest BCUT2D eigenvalue weighted by molar-refractivity contribution is 0.0919. The second-order valence-corrected chi connectivity index (χ2v) is 4.81. The molecule has 6 nitrogen and oxygen atoms in total. The van der Waals surface area contributed by atoms with Gasteiger partial charge in [0.2, 0.25) is 5.95 Å². The summed E-state index contributed by atoms with van der Waals surface area (Å²) >= 11 is 5.78. The Balaban J connectivity index is 2.06. The van der Waals surface area contributed by atoms with Gasteiger partial charge in [0.25, 0.3) is 0 Å². The normalized spacial score (nSPS) is 21.2. The third kappa shape index (κ3) is 2.72. The number of nitrogen functional groups attached to an aromatic ring is 1. The fourth-order valence-electron chi connectivity index (χ4n) is 1.98. The molecule has 0 spiro atoms. The Morgan fingerprint density at radius 3 is 2.72 bits per heavy atom. The van der Waals surface area contributed by atoms with E-state index in [9.17, 15) is 10.2 Å². The summed E-state index contributed by atoms with van der Waals surface area (Å²) in [5, 5.41) is 22.0. The number of nitrogens with one attached hydrogen (secondary N) is 1. The van der Waals surface area contributed by atoms with Crippen molar-refractivity contribution in [1.29, 1.82) is 0 Å². The molecular formula is C11H15ClN4O2. The van der Waals surface area contributed by atoms with Crippen LogP contribution in [0.1, 0.15) is 6.42 Å². The molecule has 0 bridgehead atoms. The van der Waals surface area contributed by atoms with Crippen LogP contribution in [0.15, 0.2) is 18.2 Å². The van der Waals surface area contributed by atoms with Gasteiger partial charge in [-0.05, 0) is 6.42 Å². The van der Waals surface area contributed by atoms with E-state index in [0.29, 0.717) is 12.2 Å². The third-order valence-electron chi connectivity index (χ3n) is 2.98. The average molecular weight is 271 g/mol. The molecule has 1 unspecified atom stereocenters. The van der Waals surface area contributed by atoms with Gasteiger partial charge in [-0.1, -0.05) is 23.8 Å². The van der Waals surface area contributed by atoms with E-state index in [1.807, 2.05) is 12.2 Å². The molecule has 0 aromatic carbocycles. The summed E-state index contributed by atoms with van der Waals surface area (Å²) in [7, 11) is 0. The maximum Gasteiger partial charge on any atom is 0.223 e. The fraction of sp³-hybridized carbons (Fsp3) is 0.455. The topological polar surface area (TPSA) is 104 Å². The second kappa shape index (κ2) is 5.09. The van der Waals surface area contributed by atoms with Crippen molar-refractivity contribution in [3.8, 4) is 0 Å². The number of rotatable bonds is 4. The van der Waals surface area contributed by atoms with Crippen LogP contribution in [0.25, 0.3) is 0 Å². The van der Waals surface area contributed by atoms with E-state index in [1.54, 1.807) is 6.07 Å². The summed E-state index contributed by atoms with van der Waals surface area (Å²) in [6.07, 6.45) is 4.29. The van der Waals surface area contributed by atoms with Crippen LogP contribution in [0.2, 0.25) is 5.15 Å². The number of aromatic nitrogens is 2. The molecule has 0 fully saturated rings. The van der Waals surface area contributed by atoms with Gasteiger partial charge in [0, 0.05) is 17.5 Å². The van der Waals surface area contributed by atoms with Gasteiger partial charge in [0.05, 0.1) is 13.2 Å². The molecule has 5 N–H and O–H groups in total. The monoisotopic (exact) mass is 270 g/mol. The van der Waals surface area contributed by atoms with Gasteiger partial charge in [-0.2, -0.15) is 4.98 Å². The number of aliphatic hydroxyl groups is 2. The first-order chi connectivity index (χ1) is 8.57. The van der Waals surface area contributed by atoms with Crippen LogP contribution in [0.5, 0.6) is 0 Å². The van der Waals surface area contributed by atoms with Gasteiger partial charge >= 0.3 is 0 Å². The van der Waals surface area contributed by atoms with Gasteiger partial charge in [-0.25, -0.2) is 4.98 Å². The zero-order valence-electron chi connectivity index (χ0n) is 9.67. The van der Waals surface area contributed by atoms with Gasteiger partial charge < -0.3 is 21.3 Å². The van der Waals surface area contributed by atoms with Crippen LogP contribution < -0.4 is 11.1 Å². The van der Waals surface area contributed by atoms with Gasteiger partial charge in [-0.3, -0.25) is 0 Å². The molecule has 1 aliphatic carbocycles. The summed E-state index contributed by atoms with van der Waals surface area (Å²) in [4.78, 5) is 7.77. The lowest BCUT2D eigenvalue weighted by atomic mass is 9.89. The zero-order valence-corrected chi connectivity index (χ0v) is 10.4.